The minimum Gasteiger partial charge on any atom is -0.167 e. The Kier molecular flexibility index (Phi) is 7.55. The zero-order chi connectivity index (χ0) is 9.23. The lowest BCUT2D eigenvalue weighted by Gasteiger charge is -1.96. The van der Waals surface area contributed by atoms with Gasteiger partial charge in [-0.25, -0.2) is 0 Å². The van der Waals surface area contributed by atoms with E-state index < -0.39 is 0 Å². The number of hydrogen-bond donors (Lipinski definition) is 0. The average Bonchev–Trinajstić information content (AvgIpc) is 2.10. The fourth-order valence-corrected chi connectivity index (χ4v) is 0.953. The first kappa shape index (κ1) is 11.1. The van der Waals surface area contributed by atoms with E-state index in [0.29, 0.717) is 0 Å². The van der Waals surface area contributed by atoms with Gasteiger partial charge in [0.05, 0.1) is 6.21 Å². The summed E-state index contributed by atoms with van der Waals surface area (Å²) in [5, 5.41) is 7.21. The maximum Gasteiger partial charge on any atom is 0.0524 e. The van der Waals surface area contributed by atoms with Gasteiger partial charge in [-0.15, -0.1) is 0 Å². The highest BCUT2D eigenvalue weighted by Crippen LogP contribution is 2.04. The molecule has 12 heavy (non-hydrogen) atoms. The molecule has 0 aromatic rings. The lowest BCUT2D eigenvalue weighted by molar-refractivity contribution is 0.904. The van der Waals surface area contributed by atoms with Crippen molar-refractivity contribution in [2.45, 2.75) is 39.5 Å². The van der Waals surface area contributed by atoms with E-state index in [0.717, 1.165) is 19.3 Å². The highest BCUT2D eigenvalue weighted by atomic mass is 15.2. The lowest BCUT2D eigenvalue weighted by atomic mass is 10.1. The number of rotatable bonds is 6. The van der Waals surface area contributed by atoms with E-state index in [1.165, 1.54) is 12.0 Å². The van der Waals surface area contributed by atoms with Gasteiger partial charge in [0.1, 0.15) is 0 Å². The molecule has 2 nitrogen and oxygen atoms in total. The summed E-state index contributed by atoms with van der Waals surface area (Å²) in [5.41, 5.74) is 1.27. The van der Waals surface area contributed by atoms with Crippen molar-refractivity contribution in [1.82, 2.24) is 0 Å². The Labute approximate surface area is 75.1 Å². The predicted molar refractivity (Wildman–Crippen MR) is 55.9 cm³/mol. The minimum absolute atomic E-state index is 1.08. The highest BCUT2D eigenvalue weighted by Gasteiger charge is 1.90. The molecule has 0 amide bonds. The first-order valence-corrected chi connectivity index (χ1v) is 4.53. The summed E-state index contributed by atoms with van der Waals surface area (Å²) in [5.74, 6) is 0. The van der Waals surface area contributed by atoms with E-state index >= 15 is 0 Å². The van der Waals surface area contributed by atoms with E-state index in [1.807, 2.05) is 0 Å². The van der Waals surface area contributed by atoms with Crippen LogP contribution in [0.25, 0.3) is 0 Å². The fourth-order valence-electron chi connectivity index (χ4n) is 0.953. The Morgan fingerprint density at radius 3 is 2.58 bits per heavy atom. The molecule has 0 rings (SSSR count). The first-order chi connectivity index (χ1) is 5.85. The van der Waals surface area contributed by atoms with Gasteiger partial charge >= 0.3 is 0 Å². The third-order valence-corrected chi connectivity index (χ3v) is 1.54. The second-order valence-electron chi connectivity index (χ2n) is 2.70. The largest absolute Gasteiger partial charge is 0.167 e. The van der Waals surface area contributed by atoms with Gasteiger partial charge in [-0.3, -0.25) is 0 Å². The molecule has 0 radical (unpaired) electrons. The molecule has 0 fully saturated rings. The van der Waals surface area contributed by atoms with E-state index in [2.05, 4.69) is 36.8 Å². The van der Waals surface area contributed by atoms with Crippen molar-refractivity contribution in [3.8, 4) is 0 Å². The topological polar surface area (TPSA) is 24.7 Å². The molecule has 0 unspecified atom stereocenters. The Balaban J connectivity index is 4.01. The number of allylic oxidation sites excluding steroid dienone is 2. The quantitative estimate of drug-likeness (QED) is 0.427. The minimum atomic E-state index is 1.08. The second kappa shape index (κ2) is 8.18. The van der Waals surface area contributed by atoms with Crippen LogP contribution in [0.4, 0.5) is 0 Å². The molecule has 0 saturated heterocycles. The Morgan fingerprint density at radius 1 is 1.33 bits per heavy atom. The van der Waals surface area contributed by atoms with Gasteiger partial charge in [0.15, 0.2) is 0 Å². The smallest absolute Gasteiger partial charge is 0.0524 e. The standard InChI is InChI=1S/C10H18N2/c1-4-6-8-10(7-5-2)9-12-11-3/h8-9H,3-7H2,1-2H3/b10-8+,12-9+. The fraction of sp³-hybridized carbons (Fsp3) is 0.600. The highest BCUT2D eigenvalue weighted by molar-refractivity contribution is 5.78. The van der Waals surface area contributed by atoms with Crippen LogP contribution in [0.15, 0.2) is 21.9 Å². The maximum absolute atomic E-state index is 3.76. The van der Waals surface area contributed by atoms with Gasteiger partial charge in [0.25, 0.3) is 0 Å². The molecule has 0 aliphatic carbocycles. The summed E-state index contributed by atoms with van der Waals surface area (Å²) in [6.07, 6.45) is 8.56. The molecular weight excluding hydrogens is 148 g/mol. The predicted octanol–water partition coefficient (Wildman–Crippen LogP) is 3.20. The molecule has 0 aliphatic rings. The molecule has 0 aromatic heterocycles. The van der Waals surface area contributed by atoms with Crippen molar-refractivity contribution >= 4 is 12.9 Å². The molecule has 0 saturated carbocycles. The van der Waals surface area contributed by atoms with E-state index in [1.54, 1.807) is 6.21 Å². The van der Waals surface area contributed by atoms with Crippen LogP contribution in [-0.4, -0.2) is 12.9 Å². The third-order valence-electron chi connectivity index (χ3n) is 1.54. The second-order valence-corrected chi connectivity index (χ2v) is 2.70. The van der Waals surface area contributed by atoms with Crippen LogP contribution in [0.3, 0.4) is 0 Å². The zero-order valence-electron chi connectivity index (χ0n) is 8.08. The molecule has 68 valence electrons. The Hall–Kier alpha value is -0.920. The third kappa shape index (κ3) is 5.83. The maximum atomic E-state index is 3.76. The van der Waals surface area contributed by atoms with Crippen LogP contribution < -0.4 is 0 Å². The summed E-state index contributed by atoms with van der Waals surface area (Å²) in [4.78, 5) is 0. The zero-order valence-corrected chi connectivity index (χ0v) is 8.08. The van der Waals surface area contributed by atoms with Gasteiger partial charge in [0, 0.05) is 6.72 Å². The van der Waals surface area contributed by atoms with Crippen LogP contribution in [0.2, 0.25) is 0 Å². The van der Waals surface area contributed by atoms with Crippen LogP contribution in [0, 0.1) is 0 Å². The number of unbranched alkanes of at least 4 members (excludes halogenated alkanes) is 1. The number of nitrogens with zero attached hydrogens (tertiary/aromatic N) is 2. The normalized spacial score (nSPS) is 12.3. The van der Waals surface area contributed by atoms with Crippen molar-refractivity contribution in [2.24, 2.45) is 10.2 Å². The van der Waals surface area contributed by atoms with Gasteiger partial charge in [-0.1, -0.05) is 32.8 Å². The van der Waals surface area contributed by atoms with Crippen LogP contribution in [-0.2, 0) is 0 Å². The SMILES string of the molecule is C=N/N=C/C(=C/CCC)CCC. The van der Waals surface area contributed by atoms with E-state index in [9.17, 15) is 0 Å². The van der Waals surface area contributed by atoms with Crippen molar-refractivity contribution in [3.05, 3.63) is 11.6 Å². The van der Waals surface area contributed by atoms with Crippen molar-refractivity contribution < 1.29 is 0 Å². The van der Waals surface area contributed by atoms with Crippen molar-refractivity contribution in [2.75, 3.05) is 0 Å². The van der Waals surface area contributed by atoms with Crippen molar-refractivity contribution in [1.29, 1.82) is 0 Å². The molecule has 0 spiro atoms. The van der Waals surface area contributed by atoms with Gasteiger partial charge < -0.3 is 0 Å². The van der Waals surface area contributed by atoms with Gasteiger partial charge in [-0.2, -0.15) is 10.2 Å². The van der Waals surface area contributed by atoms with Gasteiger partial charge in [0.2, 0.25) is 0 Å². The monoisotopic (exact) mass is 166 g/mol. The van der Waals surface area contributed by atoms with Crippen molar-refractivity contribution in [3.63, 3.8) is 0 Å². The summed E-state index contributed by atoms with van der Waals surface area (Å²) in [6, 6.07) is 0. The average molecular weight is 166 g/mol. The van der Waals surface area contributed by atoms with E-state index in [-0.39, 0.29) is 0 Å². The molecule has 0 atom stereocenters. The molecule has 2 heteroatoms. The molecule has 0 N–H and O–H groups in total. The molecule has 0 bridgehead atoms. The molecule has 0 heterocycles. The molecular formula is C10H18N2. The lowest BCUT2D eigenvalue weighted by Crippen LogP contribution is -1.84. The summed E-state index contributed by atoms with van der Waals surface area (Å²) in [7, 11) is 0. The summed E-state index contributed by atoms with van der Waals surface area (Å²) < 4.78 is 0. The summed E-state index contributed by atoms with van der Waals surface area (Å²) >= 11 is 0. The Morgan fingerprint density at radius 2 is 2.08 bits per heavy atom. The molecule has 0 aromatic carbocycles. The summed E-state index contributed by atoms with van der Waals surface area (Å²) in [6.45, 7) is 7.63. The molecule has 0 aliphatic heterocycles. The van der Waals surface area contributed by atoms with Crippen LogP contribution >= 0.6 is 0 Å². The van der Waals surface area contributed by atoms with E-state index in [4.69, 9.17) is 0 Å². The first-order valence-electron chi connectivity index (χ1n) is 4.53. The van der Waals surface area contributed by atoms with Gasteiger partial charge in [-0.05, 0) is 18.4 Å². The Bertz CT molecular complexity index is 169. The number of hydrogen-bond acceptors (Lipinski definition) is 2. The van der Waals surface area contributed by atoms with Crippen LogP contribution in [0.1, 0.15) is 39.5 Å². The van der Waals surface area contributed by atoms with Crippen LogP contribution in [0.5, 0.6) is 0 Å².